The predicted molar refractivity (Wildman–Crippen MR) is 66.1 cm³/mol. The molecule has 0 saturated heterocycles. The van der Waals surface area contributed by atoms with Crippen LogP contribution in [0.2, 0.25) is 5.02 Å². The van der Waals surface area contributed by atoms with Crippen molar-refractivity contribution in [3.8, 4) is 0 Å². The summed E-state index contributed by atoms with van der Waals surface area (Å²) in [5.41, 5.74) is -0.449. The van der Waals surface area contributed by atoms with E-state index in [0.717, 1.165) is 18.6 Å². The predicted octanol–water partition coefficient (Wildman–Crippen LogP) is 4.20. The molecule has 0 heterocycles. The number of anilines is 1. The van der Waals surface area contributed by atoms with Crippen LogP contribution in [0.3, 0.4) is 0 Å². The van der Waals surface area contributed by atoms with Gasteiger partial charge >= 0.3 is 6.18 Å². The molecule has 0 aliphatic heterocycles. The third-order valence-corrected chi connectivity index (χ3v) is 2.53. The molecule has 0 unspecified atom stereocenters. The highest BCUT2D eigenvalue weighted by atomic mass is 35.5. The van der Waals surface area contributed by atoms with Crippen LogP contribution in [0, 0.1) is 0 Å². The molecule has 0 radical (unpaired) electrons. The van der Waals surface area contributed by atoms with Gasteiger partial charge in [-0.2, -0.15) is 13.2 Å². The van der Waals surface area contributed by atoms with Crippen molar-refractivity contribution in [3.05, 3.63) is 28.8 Å². The smallest absolute Gasteiger partial charge is 0.382 e. The molecule has 0 aliphatic rings. The van der Waals surface area contributed by atoms with Gasteiger partial charge < -0.3 is 10.1 Å². The lowest BCUT2D eigenvalue weighted by atomic mass is 10.2. The maximum Gasteiger partial charge on any atom is 0.416 e. The van der Waals surface area contributed by atoms with E-state index in [9.17, 15) is 13.2 Å². The monoisotopic (exact) mass is 281 g/mol. The molecule has 0 spiro atoms. The Morgan fingerprint density at radius 3 is 2.61 bits per heavy atom. The Morgan fingerprint density at radius 1 is 1.28 bits per heavy atom. The summed E-state index contributed by atoms with van der Waals surface area (Å²) >= 11 is 5.82. The fraction of sp³-hybridized carbons (Fsp3) is 0.500. The molecule has 0 amide bonds. The minimum absolute atomic E-state index is 0.262. The van der Waals surface area contributed by atoms with Crippen molar-refractivity contribution in [1.29, 1.82) is 0 Å². The minimum Gasteiger partial charge on any atom is -0.382 e. The number of ether oxygens (including phenoxy) is 1. The average Bonchev–Trinajstić information content (AvgIpc) is 2.29. The average molecular weight is 282 g/mol. The molecule has 6 heteroatoms. The molecule has 2 nitrogen and oxygen atoms in total. The zero-order valence-corrected chi connectivity index (χ0v) is 10.7. The standard InChI is InChI=1S/C12H15ClF3NO/c1-2-6-18-7-5-17-11-8-9(12(14,15)16)3-4-10(11)13/h3-4,8,17H,2,5-7H2,1H3. The fourth-order valence-corrected chi connectivity index (χ4v) is 1.53. The maximum atomic E-state index is 12.5. The first kappa shape index (κ1) is 15.1. The van der Waals surface area contributed by atoms with Crippen molar-refractivity contribution >= 4 is 17.3 Å². The largest absolute Gasteiger partial charge is 0.416 e. The first-order valence-electron chi connectivity index (χ1n) is 5.63. The van der Waals surface area contributed by atoms with Crippen LogP contribution in [0.1, 0.15) is 18.9 Å². The van der Waals surface area contributed by atoms with Crippen LogP contribution >= 0.6 is 11.6 Å². The lowest BCUT2D eigenvalue weighted by molar-refractivity contribution is -0.137. The quantitative estimate of drug-likeness (QED) is 0.789. The highest BCUT2D eigenvalue weighted by Gasteiger charge is 2.30. The Kier molecular flexibility index (Phi) is 5.75. The zero-order chi connectivity index (χ0) is 13.6. The summed E-state index contributed by atoms with van der Waals surface area (Å²) in [5, 5.41) is 3.09. The third-order valence-electron chi connectivity index (χ3n) is 2.20. The summed E-state index contributed by atoms with van der Waals surface area (Å²) in [6.45, 7) is 3.47. The summed E-state index contributed by atoms with van der Waals surface area (Å²) in [6.07, 6.45) is -3.45. The molecule has 1 rings (SSSR count). The van der Waals surface area contributed by atoms with E-state index in [2.05, 4.69) is 5.32 Å². The Morgan fingerprint density at radius 2 is 2.00 bits per heavy atom. The van der Waals surface area contributed by atoms with E-state index >= 15 is 0 Å². The zero-order valence-electron chi connectivity index (χ0n) is 9.98. The van der Waals surface area contributed by atoms with Gasteiger partial charge in [0, 0.05) is 13.2 Å². The molecule has 0 aliphatic carbocycles. The van der Waals surface area contributed by atoms with Crippen LogP contribution in [0.5, 0.6) is 0 Å². The third kappa shape index (κ3) is 4.74. The van der Waals surface area contributed by atoms with Gasteiger partial charge in [-0.1, -0.05) is 18.5 Å². The van der Waals surface area contributed by atoms with E-state index in [-0.39, 0.29) is 10.7 Å². The molecule has 0 fully saturated rings. The second-order valence-corrected chi connectivity index (χ2v) is 4.14. The highest BCUT2D eigenvalue weighted by molar-refractivity contribution is 6.33. The first-order chi connectivity index (χ1) is 8.45. The number of hydrogen-bond donors (Lipinski definition) is 1. The maximum absolute atomic E-state index is 12.5. The molecule has 0 bridgehead atoms. The summed E-state index contributed by atoms with van der Waals surface area (Å²) in [7, 11) is 0. The van der Waals surface area contributed by atoms with Gasteiger partial charge in [0.2, 0.25) is 0 Å². The van der Waals surface area contributed by atoms with Crippen molar-refractivity contribution < 1.29 is 17.9 Å². The second-order valence-electron chi connectivity index (χ2n) is 3.73. The molecule has 0 atom stereocenters. The van der Waals surface area contributed by atoms with E-state index in [4.69, 9.17) is 16.3 Å². The minimum atomic E-state index is -4.36. The van der Waals surface area contributed by atoms with Gasteiger partial charge in [0.25, 0.3) is 0 Å². The Balaban J connectivity index is 2.59. The van der Waals surface area contributed by atoms with E-state index in [0.29, 0.717) is 19.8 Å². The van der Waals surface area contributed by atoms with Crippen LogP contribution < -0.4 is 5.32 Å². The first-order valence-corrected chi connectivity index (χ1v) is 6.01. The Hall–Kier alpha value is -0.940. The summed E-state index contributed by atoms with van der Waals surface area (Å²) in [6, 6.07) is 3.20. The number of nitrogens with one attached hydrogen (secondary N) is 1. The fourth-order valence-electron chi connectivity index (χ4n) is 1.34. The van der Waals surface area contributed by atoms with Gasteiger partial charge in [-0.05, 0) is 24.6 Å². The van der Waals surface area contributed by atoms with Crippen molar-refractivity contribution in [1.82, 2.24) is 0 Å². The van der Waals surface area contributed by atoms with Crippen molar-refractivity contribution in [2.24, 2.45) is 0 Å². The van der Waals surface area contributed by atoms with Crippen molar-refractivity contribution in [2.45, 2.75) is 19.5 Å². The molecule has 102 valence electrons. The van der Waals surface area contributed by atoms with E-state index < -0.39 is 11.7 Å². The van der Waals surface area contributed by atoms with Crippen molar-refractivity contribution in [2.75, 3.05) is 25.1 Å². The second kappa shape index (κ2) is 6.85. The molecule has 1 aromatic rings. The summed E-state index contributed by atoms with van der Waals surface area (Å²) in [4.78, 5) is 0. The van der Waals surface area contributed by atoms with Gasteiger partial charge in [-0.25, -0.2) is 0 Å². The molecular formula is C12H15ClF3NO. The molecule has 1 N–H and O–H groups in total. The molecule has 18 heavy (non-hydrogen) atoms. The molecule has 0 saturated carbocycles. The van der Waals surface area contributed by atoms with Crippen LogP contribution in [0.25, 0.3) is 0 Å². The number of hydrogen-bond acceptors (Lipinski definition) is 2. The Bertz CT molecular complexity index is 382. The number of halogens is 4. The number of alkyl halides is 3. The van der Waals surface area contributed by atoms with E-state index in [1.54, 1.807) is 0 Å². The molecular weight excluding hydrogens is 267 g/mol. The van der Waals surface area contributed by atoms with Gasteiger partial charge in [-0.15, -0.1) is 0 Å². The van der Waals surface area contributed by atoms with Crippen LogP contribution in [-0.4, -0.2) is 19.8 Å². The highest BCUT2D eigenvalue weighted by Crippen LogP contribution is 2.33. The topological polar surface area (TPSA) is 21.3 Å². The Labute approximate surface area is 109 Å². The van der Waals surface area contributed by atoms with Gasteiger partial charge in [0.1, 0.15) is 0 Å². The van der Waals surface area contributed by atoms with E-state index in [1.807, 2.05) is 6.92 Å². The van der Waals surface area contributed by atoms with Crippen LogP contribution in [-0.2, 0) is 10.9 Å². The number of benzene rings is 1. The van der Waals surface area contributed by atoms with Gasteiger partial charge in [0.15, 0.2) is 0 Å². The van der Waals surface area contributed by atoms with Crippen molar-refractivity contribution in [3.63, 3.8) is 0 Å². The van der Waals surface area contributed by atoms with E-state index in [1.165, 1.54) is 6.07 Å². The van der Waals surface area contributed by atoms with Crippen LogP contribution in [0.4, 0.5) is 18.9 Å². The lowest BCUT2D eigenvalue weighted by Crippen LogP contribution is -2.11. The summed E-state index contributed by atoms with van der Waals surface area (Å²) < 4.78 is 42.7. The normalized spacial score (nSPS) is 11.6. The molecule has 0 aromatic heterocycles. The number of rotatable bonds is 6. The van der Waals surface area contributed by atoms with Gasteiger partial charge in [-0.3, -0.25) is 0 Å². The summed E-state index contributed by atoms with van der Waals surface area (Å²) in [5.74, 6) is 0. The van der Waals surface area contributed by atoms with Crippen LogP contribution in [0.15, 0.2) is 18.2 Å². The lowest BCUT2D eigenvalue weighted by Gasteiger charge is -2.12. The van der Waals surface area contributed by atoms with Gasteiger partial charge in [0.05, 0.1) is 22.9 Å². The SMILES string of the molecule is CCCOCCNc1cc(C(F)(F)F)ccc1Cl. The molecule has 1 aromatic carbocycles.